The highest BCUT2D eigenvalue weighted by Gasteiger charge is 2.17. The third-order valence-electron chi connectivity index (χ3n) is 4.86. The fraction of sp³-hybridized carbons (Fsp3) is 0.0833. The van der Waals surface area contributed by atoms with Crippen LogP contribution >= 0.6 is 23.2 Å². The molecule has 1 aromatic heterocycles. The molecule has 0 fully saturated rings. The highest BCUT2D eigenvalue weighted by Crippen LogP contribution is 2.35. The molecule has 6 nitrogen and oxygen atoms in total. The molecule has 1 amide bonds. The van der Waals surface area contributed by atoms with Gasteiger partial charge in [-0.3, -0.25) is 4.79 Å². The number of halogens is 3. The Morgan fingerprint density at radius 1 is 1.12 bits per heavy atom. The van der Waals surface area contributed by atoms with Crippen LogP contribution in [0.15, 0.2) is 54.6 Å². The van der Waals surface area contributed by atoms with Crippen LogP contribution in [0.25, 0.3) is 10.9 Å². The minimum absolute atomic E-state index is 0.0330. The number of nitrogens with one attached hydrogen (secondary N) is 2. The number of carbonyl (C=O) groups is 1. The molecule has 0 radical (unpaired) electrons. The van der Waals surface area contributed by atoms with E-state index in [4.69, 9.17) is 37.9 Å². The average molecular weight is 484 g/mol. The molecule has 0 aliphatic carbocycles. The largest absolute Gasteiger partial charge is 0.497 e. The van der Waals surface area contributed by atoms with Crippen molar-refractivity contribution in [3.05, 3.63) is 87.3 Å². The normalized spacial score (nSPS) is 10.6. The van der Waals surface area contributed by atoms with Gasteiger partial charge in [-0.05, 0) is 48.5 Å². The van der Waals surface area contributed by atoms with E-state index < -0.39 is 11.7 Å². The van der Waals surface area contributed by atoms with E-state index in [2.05, 4.69) is 10.3 Å². The van der Waals surface area contributed by atoms with Gasteiger partial charge in [-0.2, -0.15) is 5.26 Å². The van der Waals surface area contributed by atoms with Crippen LogP contribution in [0.4, 0.5) is 4.39 Å². The molecule has 4 rings (SSSR count). The van der Waals surface area contributed by atoms with Crippen molar-refractivity contribution in [3.8, 4) is 23.3 Å². The van der Waals surface area contributed by atoms with E-state index in [-0.39, 0.29) is 39.2 Å². The Morgan fingerprint density at radius 3 is 2.70 bits per heavy atom. The molecule has 9 heteroatoms. The lowest BCUT2D eigenvalue weighted by Gasteiger charge is -2.13. The molecule has 166 valence electrons. The summed E-state index contributed by atoms with van der Waals surface area (Å²) >= 11 is 12.1. The number of fused-ring (bicyclic) bond motifs is 1. The number of carbonyl (C=O) groups excluding carboxylic acids is 1. The first kappa shape index (κ1) is 22.5. The maximum Gasteiger partial charge on any atom is 0.267 e. The number of methoxy groups -OCH3 is 1. The molecule has 2 N–H and O–H groups in total. The first-order chi connectivity index (χ1) is 15.9. The van der Waals surface area contributed by atoms with Crippen LogP contribution in [0.5, 0.6) is 17.2 Å². The zero-order valence-corrected chi connectivity index (χ0v) is 18.7. The van der Waals surface area contributed by atoms with Crippen molar-refractivity contribution in [2.24, 2.45) is 0 Å². The van der Waals surface area contributed by atoms with E-state index in [9.17, 15) is 4.79 Å². The summed E-state index contributed by atoms with van der Waals surface area (Å²) in [6.45, 7) is -0.101. The lowest BCUT2D eigenvalue weighted by molar-refractivity contribution is 0.0946. The Morgan fingerprint density at radius 2 is 1.94 bits per heavy atom. The molecule has 33 heavy (non-hydrogen) atoms. The van der Waals surface area contributed by atoms with Crippen LogP contribution in [0.2, 0.25) is 10.0 Å². The van der Waals surface area contributed by atoms with Gasteiger partial charge in [-0.1, -0.05) is 29.3 Å². The van der Waals surface area contributed by atoms with Crippen molar-refractivity contribution in [3.63, 3.8) is 0 Å². The number of ether oxygens (including phenoxy) is 2. The molecule has 1 heterocycles. The highest BCUT2D eigenvalue weighted by molar-refractivity contribution is 6.32. The van der Waals surface area contributed by atoms with Crippen LogP contribution in [-0.4, -0.2) is 18.0 Å². The molecular weight excluding hydrogens is 468 g/mol. The van der Waals surface area contributed by atoms with Crippen molar-refractivity contribution in [2.75, 3.05) is 7.11 Å². The summed E-state index contributed by atoms with van der Waals surface area (Å²) in [6.07, 6.45) is 0. The second-order valence-corrected chi connectivity index (χ2v) is 7.90. The zero-order chi connectivity index (χ0) is 23.5. The Kier molecular flexibility index (Phi) is 6.40. The van der Waals surface area contributed by atoms with E-state index in [1.165, 1.54) is 30.3 Å². The summed E-state index contributed by atoms with van der Waals surface area (Å²) in [5.74, 6) is -0.536. The first-order valence-electron chi connectivity index (χ1n) is 9.68. The van der Waals surface area contributed by atoms with Gasteiger partial charge < -0.3 is 19.8 Å². The van der Waals surface area contributed by atoms with Gasteiger partial charge in [0, 0.05) is 28.0 Å². The Labute approximate surface area is 198 Å². The van der Waals surface area contributed by atoms with Crippen molar-refractivity contribution in [1.29, 1.82) is 5.26 Å². The fourth-order valence-corrected chi connectivity index (χ4v) is 3.65. The molecule has 0 spiro atoms. The summed E-state index contributed by atoms with van der Waals surface area (Å²) in [5, 5.41) is 12.9. The van der Waals surface area contributed by atoms with Crippen LogP contribution in [0.1, 0.15) is 21.6 Å². The minimum Gasteiger partial charge on any atom is -0.497 e. The van der Waals surface area contributed by atoms with Gasteiger partial charge in [0.15, 0.2) is 11.6 Å². The van der Waals surface area contributed by atoms with Gasteiger partial charge in [-0.25, -0.2) is 4.39 Å². The van der Waals surface area contributed by atoms with Gasteiger partial charge in [0.2, 0.25) is 0 Å². The molecule has 0 saturated heterocycles. The number of aromatic nitrogens is 1. The maximum absolute atomic E-state index is 15.1. The number of benzene rings is 3. The van der Waals surface area contributed by atoms with E-state index in [0.29, 0.717) is 11.4 Å². The number of nitrogens with zero attached hydrogens (tertiary/aromatic N) is 1. The predicted octanol–water partition coefficient (Wildman–Crippen LogP) is 6.22. The monoisotopic (exact) mass is 483 g/mol. The summed E-state index contributed by atoms with van der Waals surface area (Å²) < 4.78 is 25.9. The van der Waals surface area contributed by atoms with Crippen molar-refractivity contribution < 1.29 is 18.7 Å². The molecule has 0 atom stereocenters. The predicted molar refractivity (Wildman–Crippen MR) is 124 cm³/mol. The van der Waals surface area contributed by atoms with Crippen LogP contribution in [0.3, 0.4) is 0 Å². The maximum atomic E-state index is 15.1. The Bertz CT molecular complexity index is 1410. The Hall–Kier alpha value is -3.73. The van der Waals surface area contributed by atoms with E-state index >= 15 is 4.39 Å². The van der Waals surface area contributed by atoms with Gasteiger partial charge in [0.25, 0.3) is 5.91 Å². The minimum atomic E-state index is -0.734. The number of hydrogen-bond acceptors (Lipinski definition) is 4. The van der Waals surface area contributed by atoms with E-state index in [1.54, 1.807) is 31.4 Å². The fourth-order valence-electron chi connectivity index (χ4n) is 3.24. The van der Waals surface area contributed by atoms with Gasteiger partial charge in [0.1, 0.15) is 17.2 Å². The number of H-pyrrole nitrogens is 1. The number of amides is 1. The van der Waals surface area contributed by atoms with Crippen LogP contribution < -0.4 is 14.8 Å². The molecular formula is C24H16Cl2FN3O3. The number of aromatic amines is 1. The molecule has 3 aromatic carbocycles. The number of hydrogen-bond donors (Lipinski definition) is 2. The zero-order valence-electron chi connectivity index (χ0n) is 17.2. The van der Waals surface area contributed by atoms with Gasteiger partial charge >= 0.3 is 0 Å². The lowest BCUT2D eigenvalue weighted by Crippen LogP contribution is -2.23. The molecule has 0 bridgehead atoms. The van der Waals surface area contributed by atoms with Crippen molar-refractivity contribution >= 4 is 40.0 Å². The average Bonchev–Trinajstić information content (AvgIpc) is 3.24. The molecule has 0 saturated carbocycles. The standard InChI is InChI=1S/C24H16Cl2FN3O3/c1-32-17-3-5-20-15(8-17)9-21(30-20)24(31)29-12-14-2-4-19(26)23(22(14)27)33-18-7-13(11-28)6-16(25)10-18/h2-10,30H,12H2,1H3,(H,29,31). The molecule has 0 unspecified atom stereocenters. The van der Waals surface area contributed by atoms with E-state index in [1.807, 2.05) is 6.07 Å². The third-order valence-corrected chi connectivity index (χ3v) is 5.38. The summed E-state index contributed by atoms with van der Waals surface area (Å²) in [5.41, 5.74) is 1.52. The quantitative estimate of drug-likeness (QED) is 0.340. The lowest BCUT2D eigenvalue weighted by atomic mass is 10.2. The van der Waals surface area contributed by atoms with E-state index in [0.717, 1.165) is 10.9 Å². The van der Waals surface area contributed by atoms with Crippen LogP contribution in [0, 0.1) is 17.1 Å². The SMILES string of the molecule is COc1ccc2[nH]c(C(=O)NCc3ccc(Cl)c(Oc4cc(Cl)cc(C#N)c4)c3F)cc2c1. The smallest absolute Gasteiger partial charge is 0.267 e. The number of nitriles is 1. The highest BCUT2D eigenvalue weighted by atomic mass is 35.5. The van der Waals surface area contributed by atoms with Crippen LogP contribution in [-0.2, 0) is 6.54 Å². The summed E-state index contributed by atoms with van der Waals surface area (Å²) in [4.78, 5) is 15.6. The van der Waals surface area contributed by atoms with Gasteiger partial charge in [0.05, 0.1) is 23.8 Å². The third kappa shape index (κ3) is 4.87. The second kappa shape index (κ2) is 9.41. The Balaban J connectivity index is 1.53. The first-order valence-corrected chi connectivity index (χ1v) is 10.4. The van der Waals surface area contributed by atoms with Gasteiger partial charge in [-0.15, -0.1) is 0 Å². The molecule has 4 aromatic rings. The molecule has 0 aliphatic rings. The second-order valence-electron chi connectivity index (χ2n) is 7.06. The topological polar surface area (TPSA) is 87.1 Å². The van der Waals surface area contributed by atoms with Crippen molar-refractivity contribution in [2.45, 2.75) is 6.54 Å². The number of rotatable bonds is 6. The molecule has 0 aliphatic heterocycles. The summed E-state index contributed by atoms with van der Waals surface area (Å²) in [6, 6.07) is 16.3. The van der Waals surface area contributed by atoms with Crippen molar-refractivity contribution in [1.82, 2.24) is 10.3 Å². The summed E-state index contributed by atoms with van der Waals surface area (Å²) in [7, 11) is 1.56.